The first kappa shape index (κ1) is 23.7. The van der Waals surface area contributed by atoms with Crippen LogP contribution in [-0.2, 0) is 4.79 Å². The Morgan fingerprint density at radius 3 is 2.59 bits per heavy atom. The Labute approximate surface area is 190 Å². The summed E-state index contributed by atoms with van der Waals surface area (Å²) in [6.45, 7) is 3.11. The summed E-state index contributed by atoms with van der Waals surface area (Å²) in [7, 11) is 3.93. The van der Waals surface area contributed by atoms with Crippen LogP contribution in [0.15, 0.2) is 36.4 Å². The van der Waals surface area contributed by atoms with E-state index in [0.717, 1.165) is 15.8 Å². The number of halogens is 3. The van der Waals surface area contributed by atoms with E-state index in [9.17, 15) is 4.79 Å². The molecule has 156 valence electrons. The van der Waals surface area contributed by atoms with Crippen molar-refractivity contribution < 1.29 is 9.53 Å². The van der Waals surface area contributed by atoms with E-state index < -0.39 is 0 Å². The van der Waals surface area contributed by atoms with Crippen LogP contribution >= 0.6 is 46.9 Å². The lowest BCUT2D eigenvalue weighted by atomic mass is 10.2. The van der Waals surface area contributed by atoms with Gasteiger partial charge in [-0.2, -0.15) is 0 Å². The molecule has 0 saturated carbocycles. The highest BCUT2D eigenvalue weighted by Crippen LogP contribution is 2.31. The van der Waals surface area contributed by atoms with Gasteiger partial charge in [0.2, 0.25) is 0 Å². The van der Waals surface area contributed by atoms with Crippen molar-refractivity contribution in [2.75, 3.05) is 38.7 Å². The summed E-state index contributed by atoms with van der Waals surface area (Å²) >= 11 is 13.5. The Morgan fingerprint density at radius 1 is 1.17 bits per heavy atom. The number of aryl methyl sites for hydroxylation is 1. The zero-order valence-electron chi connectivity index (χ0n) is 16.3. The molecule has 3 aromatic rings. The third-order valence-corrected chi connectivity index (χ3v) is 5.73. The zero-order chi connectivity index (χ0) is 20.3. The van der Waals surface area contributed by atoms with E-state index in [-0.39, 0.29) is 24.9 Å². The number of fused-ring (bicyclic) bond motifs is 1. The largest absolute Gasteiger partial charge is 0.482 e. The number of carbonyl (C=O) groups excluding carboxylic acids is 1. The molecule has 2 aromatic carbocycles. The van der Waals surface area contributed by atoms with Gasteiger partial charge in [0.25, 0.3) is 5.91 Å². The fourth-order valence-corrected chi connectivity index (χ4v) is 4.18. The highest BCUT2D eigenvalue weighted by Gasteiger charge is 2.21. The molecule has 1 heterocycles. The average molecular weight is 475 g/mol. The monoisotopic (exact) mass is 473 g/mol. The molecule has 0 aliphatic carbocycles. The molecule has 0 radical (unpaired) electrons. The summed E-state index contributed by atoms with van der Waals surface area (Å²) in [6, 6.07) is 10.9. The number of hydrogen-bond acceptors (Lipinski definition) is 5. The summed E-state index contributed by atoms with van der Waals surface area (Å²) < 4.78 is 6.70. The van der Waals surface area contributed by atoms with Gasteiger partial charge >= 0.3 is 0 Å². The predicted molar refractivity (Wildman–Crippen MR) is 124 cm³/mol. The van der Waals surface area contributed by atoms with Crippen LogP contribution in [0.1, 0.15) is 5.56 Å². The number of para-hydroxylation sites is 1. The summed E-state index contributed by atoms with van der Waals surface area (Å²) in [5.74, 6) is 0.247. The molecule has 1 aromatic heterocycles. The second-order valence-corrected chi connectivity index (χ2v) is 8.48. The van der Waals surface area contributed by atoms with Crippen LogP contribution < -0.4 is 9.64 Å². The van der Waals surface area contributed by atoms with Crippen LogP contribution in [-0.4, -0.2) is 49.6 Å². The Morgan fingerprint density at radius 2 is 1.93 bits per heavy atom. The molecule has 0 aliphatic heterocycles. The van der Waals surface area contributed by atoms with E-state index in [0.29, 0.717) is 34.0 Å². The van der Waals surface area contributed by atoms with Crippen molar-refractivity contribution in [1.29, 1.82) is 0 Å². The van der Waals surface area contributed by atoms with E-state index in [1.807, 2.05) is 44.1 Å². The smallest absolute Gasteiger partial charge is 0.266 e. The van der Waals surface area contributed by atoms with Crippen LogP contribution in [0.2, 0.25) is 10.0 Å². The van der Waals surface area contributed by atoms with E-state index in [4.69, 9.17) is 32.9 Å². The van der Waals surface area contributed by atoms with E-state index >= 15 is 0 Å². The molecular weight excluding hydrogens is 453 g/mol. The molecule has 0 bridgehead atoms. The Bertz CT molecular complexity index is 994. The highest BCUT2D eigenvalue weighted by atomic mass is 35.5. The standard InChI is InChI=1S/C20H21Cl2N3O2S.ClH/c1-13-5-4-6-17-19(13)23-20(28-17)25(10-9-24(2)3)18(26)12-27-16-8-7-14(21)11-15(16)22;/h4-8,11H,9-10,12H2,1-3H3;1H. The molecule has 0 aliphatic rings. The van der Waals surface area contributed by atoms with E-state index in [2.05, 4.69) is 0 Å². The van der Waals surface area contributed by atoms with Crippen LogP contribution in [0, 0.1) is 6.92 Å². The molecule has 0 atom stereocenters. The predicted octanol–water partition coefficient (Wildman–Crippen LogP) is 5.31. The lowest BCUT2D eigenvalue weighted by molar-refractivity contribution is -0.120. The van der Waals surface area contributed by atoms with Gasteiger partial charge in [0.15, 0.2) is 11.7 Å². The molecule has 9 heteroatoms. The van der Waals surface area contributed by atoms with Gasteiger partial charge in [0.05, 0.1) is 15.2 Å². The van der Waals surface area contributed by atoms with Crippen molar-refractivity contribution in [3.05, 3.63) is 52.0 Å². The maximum absolute atomic E-state index is 12.9. The third kappa shape index (κ3) is 5.96. The number of likely N-dealkylation sites (N-methyl/N-ethyl adjacent to an activating group) is 1. The van der Waals surface area contributed by atoms with Gasteiger partial charge in [0.1, 0.15) is 5.75 Å². The van der Waals surface area contributed by atoms with Crippen molar-refractivity contribution in [2.45, 2.75) is 6.92 Å². The number of hydrogen-bond donors (Lipinski definition) is 0. The number of nitrogens with zero attached hydrogens (tertiary/aromatic N) is 3. The lowest BCUT2D eigenvalue weighted by Gasteiger charge is -2.22. The number of rotatable bonds is 7. The molecular formula is C20H22Cl3N3O2S. The number of thiazole rings is 1. The number of ether oxygens (including phenoxy) is 1. The van der Waals surface area contributed by atoms with Gasteiger partial charge in [-0.05, 0) is 50.8 Å². The third-order valence-electron chi connectivity index (χ3n) is 4.16. The molecule has 0 spiro atoms. The van der Waals surface area contributed by atoms with Crippen molar-refractivity contribution >= 4 is 68.2 Å². The Hall–Kier alpha value is -1.57. The molecule has 0 unspecified atom stereocenters. The van der Waals surface area contributed by atoms with Gasteiger partial charge in [0, 0.05) is 18.1 Å². The van der Waals surface area contributed by atoms with E-state index in [1.165, 1.54) is 11.3 Å². The zero-order valence-corrected chi connectivity index (χ0v) is 19.5. The van der Waals surface area contributed by atoms with Crippen molar-refractivity contribution in [3.63, 3.8) is 0 Å². The minimum atomic E-state index is -0.176. The molecule has 1 amide bonds. The van der Waals surface area contributed by atoms with Gasteiger partial charge in [-0.15, -0.1) is 12.4 Å². The minimum Gasteiger partial charge on any atom is -0.482 e. The van der Waals surface area contributed by atoms with E-state index in [1.54, 1.807) is 23.1 Å². The Kier molecular flexibility index (Phi) is 8.55. The normalized spacial score (nSPS) is 10.8. The molecule has 5 nitrogen and oxygen atoms in total. The second kappa shape index (κ2) is 10.5. The van der Waals surface area contributed by atoms with Gasteiger partial charge < -0.3 is 9.64 Å². The molecule has 3 rings (SSSR count). The first-order chi connectivity index (χ1) is 13.3. The molecule has 0 saturated heterocycles. The van der Waals surface area contributed by atoms with Crippen LogP contribution in [0.4, 0.5) is 5.13 Å². The molecule has 0 fully saturated rings. The van der Waals surface area contributed by atoms with Gasteiger partial charge in [-0.3, -0.25) is 9.69 Å². The van der Waals surface area contributed by atoms with Crippen LogP contribution in [0.5, 0.6) is 5.75 Å². The fraction of sp³-hybridized carbons (Fsp3) is 0.300. The number of amides is 1. The second-order valence-electron chi connectivity index (χ2n) is 6.63. The summed E-state index contributed by atoms with van der Waals surface area (Å²) in [6.07, 6.45) is 0. The van der Waals surface area contributed by atoms with Crippen LogP contribution in [0.25, 0.3) is 10.2 Å². The summed E-state index contributed by atoms with van der Waals surface area (Å²) in [5.41, 5.74) is 2.01. The number of aromatic nitrogens is 1. The quantitative estimate of drug-likeness (QED) is 0.466. The average Bonchev–Trinajstić information content (AvgIpc) is 3.06. The number of anilines is 1. The lowest BCUT2D eigenvalue weighted by Crippen LogP contribution is -2.39. The summed E-state index contributed by atoms with van der Waals surface area (Å²) in [4.78, 5) is 21.3. The first-order valence-electron chi connectivity index (χ1n) is 8.74. The maximum atomic E-state index is 12.9. The fourth-order valence-electron chi connectivity index (χ4n) is 2.63. The van der Waals surface area contributed by atoms with Crippen molar-refractivity contribution in [3.8, 4) is 5.75 Å². The van der Waals surface area contributed by atoms with Crippen molar-refractivity contribution in [1.82, 2.24) is 9.88 Å². The number of benzene rings is 2. The van der Waals surface area contributed by atoms with Gasteiger partial charge in [-0.1, -0.05) is 46.7 Å². The van der Waals surface area contributed by atoms with Crippen LogP contribution in [0.3, 0.4) is 0 Å². The molecule has 29 heavy (non-hydrogen) atoms. The minimum absolute atomic E-state index is 0. The molecule has 0 N–H and O–H groups in total. The topological polar surface area (TPSA) is 45.7 Å². The maximum Gasteiger partial charge on any atom is 0.266 e. The Balaban J connectivity index is 0.00000300. The summed E-state index contributed by atoms with van der Waals surface area (Å²) in [5, 5.41) is 1.55. The SMILES string of the molecule is Cc1cccc2sc(N(CCN(C)C)C(=O)COc3ccc(Cl)cc3Cl)nc12.Cl. The highest BCUT2D eigenvalue weighted by molar-refractivity contribution is 7.22. The van der Waals surface area contributed by atoms with Crippen molar-refractivity contribution in [2.24, 2.45) is 0 Å². The first-order valence-corrected chi connectivity index (χ1v) is 10.3. The number of carbonyl (C=O) groups is 1. The van der Waals surface area contributed by atoms with Gasteiger partial charge in [-0.25, -0.2) is 4.98 Å².